The second-order valence-electron chi connectivity index (χ2n) is 0.802. The van der Waals surface area contributed by atoms with E-state index in [1.54, 1.807) is 0 Å². The maximum absolute atomic E-state index is 2.29. The molecule has 0 aliphatic heterocycles. The molecule has 0 aromatic heterocycles. The monoisotopic (exact) mass is 548 g/mol. The van der Waals surface area contributed by atoms with Gasteiger partial charge < -0.3 is 0 Å². The molecule has 14 heavy (non-hydrogen) atoms. The Morgan fingerprint density at radius 1 is 0.500 bits per heavy atom. The average Bonchev–Trinajstić information content (AvgIpc) is 1.70. The summed E-state index contributed by atoms with van der Waals surface area (Å²) >= 11 is 6.86. The zero-order chi connectivity index (χ0) is 8.12. The van der Waals surface area contributed by atoms with Crippen LogP contribution in [0.15, 0.2) is 0 Å². The lowest BCUT2D eigenvalue weighted by Gasteiger charge is -1.45. The van der Waals surface area contributed by atoms with Gasteiger partial charge >= 0.3 is 0 Å². The topological polar surface area (TPSA) is 0 Å². The fraction of sp³-hybridized carbons (Fsp3) is 1.00. The van der Waals surface area contributed by atoms with Crippen LogP contribution in [0.4, 0.5) is 0 Å². The SMILES string of the molecule is C.C.C.C.C.CCI.CCI.CCI. The van der Waals surface area contributed by atoms with E-state index < -0.39 is 0 Å². The fourth-order valence-electron chi connectivity index (χ4n) is 0. The first kappa shape index (κ1) is 55.7. The normalized spacial score (nSPS) is 3.86. The number of rotatable bonds is 0. The van der Waals surface area contributed by atoms with Gasteiger partial charge in [-0.15, -0.1) is 0 Å². The lowest BCUT2D eigenvalue weighted by Crippen LogP contribution is -1.33. The molecule has 0 aliphatic rings. The van der Waals surface area contributed by atoms with Gasteiger partial charge in [0.05, 0.1) is 0 Å². The summed E-state index contributed by atoms with van der Waals surface area (Å²) in [5, 5.41) is 0. The molecule has 0 aromatic rings. The van der Waals surface area contributed by atoms with Crippen LogP contribution in [0.25, 0.3) is 0 Å². The van der Waals surface area contributed by atoms with E-state index in [1.807, 2.05) is 0 Å². The van der Waals surface area contributed by atoms with Crippen LogP contribution in [0.2, 0.25) is 0 Å². The highest BCUT2D eigenvalue weighted by Crippen LogP contribution is 1.70. The molecule has 0 spiro atoms. The van der Waals surface area contributed by atoms with Gasteiger partial charge in [-0.1, -0.05) is 126 Å². The molecule has 3 heteroatoms. The summed E-state index contributed by atoms with van der Waals surface area (Å²) < 4.78 is 3.66. The molecule has 0 saturated heterocycles. The molecule has 0 N–H and O–H groups in total. The Hall–Kier alpha value is 2.19. The van der Waals surface area contributed by atoms with Crippen molar-refractivity contribution in [1.29, 1.82) is 0 Å². The summed E-state index contributed by atoms with van der Waals surface area (Å²) in [5.41, 5.74) is 0. The molecule has 0 fully saturated rings. The highest BCUT2D eigenvalue weighted by Gasteiger charge is 1.38. The van der Waals surface area contributed by atoms with Crippen molar-refractivity contribution in [2.45, 2.75) is 57.9 Å². The van der Waals surface area contributed by atoms with Crippen LogP contribution in [0.3, 0.4) is 0 Å². The van der Waals surface area contributed by atoms with Crippen LogP contribution in [-0.2, 0) is 0 Å². The first-order valence-electron chi connectivity index (χ1n) is 2.92. The van der Waals surface area contributed by atoms with E-state index >= 15 is 0 Å². The zero-order valence-corrected chi connectivity index (χ0v) is 12.7. The van der Waals surface area contributed by atoms with Crippen molar-refractivity contribution in [3.8, 4) is 0 Å². The molecule has 0 bridgehead atoms. The highest BCUT2D eigenvalue weighted by atomic mass is 127. The maximum atomic E-state index is 2.29. The lowest BCUT2D eigenvalue weighted by atomic mass is 11.0. The first-order chi connectivity index (χ1) is 4.24. The van der Waals surface area contributed by atoms with Crippen molar-refractivity contribution in [2.24, 2.45) is 0 Å². The Morgan fingerprint density at radius 2 is 0.500 bits per heavy atom. The van der Waals surface area contributed by atoms with Crippen molar-refractivity contribution in [3.63, 3.8) is 0 Å². The quantitative estimate of drug-likeness (QED) is 0.217. The standard InChI is InChI=1S/3C2H5I.5CH4/c3*1-2-3;;;;;/h3*2H2,1H3;5*1H4. The Labute approximate surface area is 137 Å². The van der Waals surface area contributed by atoms with Gasteiger partial charge in [-0.25, -0.2) is 0 Å². The van der Waals surface area contributed by atoms with E-state index in [0.717, 1.165) is 0 Å². The first-order valence-corrected chi connectivity index (χ1v) is 7.50. The summed E-state index contributed by atoms with van der Waals surface area (Å²) in [4.78, 5) is 0. The predicted molar refractivity (Wildman–Crippen MR) is 107 cm³/mol. The molecule has 0 amide bonds. The number of hydrogen-bond acceptors (Lipinski definition) is 0. The molecular formula is C11H35I3. The van der Waals surface area contributed by atoms with Gasteiger partial charge in [-0.3, -0.25) is 0 Å². The lowest BCUT2D eigenvalue weighted by molar-refractivity contribution is 1.58. The van der Waals surface area contributed by atoms with Crippen LogP contribution in [0.5, 0.6) is 0 Å². The van der Waals surface area contributed by atoms with Crippen LogP contribution >= 0.6 is 67.8 Å². The van der Waals surface area contributed by atoms with Crippen LogP contribution in [0.1, 0.15) is 57.9 Å². The van der Waals surface area contributed by atoms with E-state index in [0.29, 0.717) is 0 Å². The van der Waals surface area contributed by atoms with Gasteiger partial charge in [0.1, 0.15) is 0 Å². The third-order valence-corrected chi connectivity index (χ3v) is 0. The second-order valence-corrected chi connectivity index (χ2v) is 5.38. The third kappa shape index (κ3) is 515. The summed E-state index contributed by atoms with van der Waals surface area (Å²) in [6.07, 6.45) is 0. The van der Waals surface area contributed by atoms with E-state index in [1.165, 1.54) is 13.3 Å². The molecule has 0 rings (SSSR count). The highest BCUT2D eigenvalue weighted by molar-refractivity contribution is 14.1. The number of hydrogen-bond donors (Lipinski definition) is 0. The molecule has 0 atom stereocenters. The molecule has 100 valence electrons. The Balaban J connectivity index is -0.00000000545. The molecular weight excluding hydrogens is 513 g/mol. The molecule has 0 aromatic carbocycles. The summed E-state index contributed by atoms with van der Waals surface area (Å²) in [5.74, 6) is 0. The Morgan fingerprint density at radius 3 is 0.500 bits per heavy atom. The van der Waals surface area contributed by atoms with Crippen molar-refractivity contribution < 1.29 is 0 Å². The molecule has 0 radical (unpaired) electrons. The summed E-state index contributed by atoms with van der Waals surface area (Å²) in [7, 11) is 0. The molecule has 0 nitrogen and oxygen atoms in total. The summed E-state index contributed by atoms with van der Waals surface area (Å²) in [6.45, 7) is 6.34. The number of alkyl halides is 3. The van der Waals surface area contributed by atoms with E-state index in [-0.39, 0.29) is 37.1 Å². The second kappa shape index (κ2) is 114. The fourth-order valence-corrected chi connectivity index (χ4v) is 0. The molecule has 0 saturated carbocycles. The molecule has 0 aliphatic carbocycles. The van der Waals surface area contributed by atoms with Crippen LogP contribution in [0, 0.1) is 0 Å². The maximum Gasteiger partial charge on any atom is -0.00332 e. The predicted octanol–water partition coefficient (Wildman–Crippen LogP) is 7.50. The Bertz CT molecular complexity index is 15.2. The largest absolute Gasteiger partial charge is 0.0867 e. The van der Waals surface area contributed by atoms with Crippen molar-refractivity contribution in [3.05, 3.63) is 0 Å². The molecule has 0 heterocycles. The van der Waals surface area contributed by atoms with Crippen molar-refractivity contribution in [1.82, 2.24) is 0 Å². The minimum atomic E-state index is 0. The van der Waals surface area contributed by atoms with E-state index in [2.05, 4.69) is 88.5 Å². The van der Waals surface area contributed by atoms with Gasteiger partial charge in [0.2, 0.25) is 0 Å². The average molecular weight is 548 g/mol. The van der Waals surface area contributed by atoms with Crippen LogP contribution in [-0.4, -0.2) is 13.3 Å². The van der Waals surface area contributed by atoms with Gasteiger partial charge in [0.15, 0.2) is 0 Å². The van der Waals surface area contributed by atoms with Crippen molar-refractivity contribution >= 4 is 67.8 Å². The zero-order valence-electron chi connectivity index (χ0n) is 6.26. The minimum absolute atomic E-state index is 0. The smallest absolute Gasteiger partial charge is 0.00332 e. The van der Waals surface area contributed by atoms with E-state index in [4.69, 9.17) is 0 Å². The van der Waals surface area contributed by atoms with Gasteiger partial charge in [0, 0.05) is 0 Å². The Kier molecular flexibility index (Phi) is 452. The number of halogens is 3. The van der Waals surface area contributed by atoms with Gasteiger partial charge in [-0.05, 0) is 13.3 Å². The molecule has 0 unspecified atom stereocenters. The van der Waals surface area contributed by atoms with Crippen molar-refractivity contribution in [2.75, 3.05) is 13.3 Å². The third-order valence-electron chi connectivity index (χ3n) is 0. The van der Waals surface area contributed by atoms with Gasteiger partial charge in [0.25, 0.3) is 0 Å². The van der Waals surface area contributed by atoms with Gasteiger partial charge in [-0.2, -0.15) is 0 Å². The summed E-state index contributed by atoms with van der Waals surface area (Å²) in [6, 6.07) is 0. The minimum Gasteiger partial charge on any atom is -0.0867 e. The van der Waals surface area contributed by atoms with E-state index in [9.17, 15) is 0 Å². The van der Waals surface area contributed by atoms with Crippen LogP contribution < -0.4 is 0 Å².